The first kappa shape index (κ1) is 13.1. The summed E-state index contributed by atoms with van der Waals surface area (Å²) in [4.78, 5) is 0. The molecule has 0 atom stereocenters. The molecule has 7 nitrogen and oxygen atoms in total. The van der Waals surface area contributed by atoms with Gasteiger partial charge in [0.15, 0.2) is 5.65 Å². The third-order valence-corrected chi connectivity index (χ3v) is 3.79. The summed E-state index contributed by atoms with van der Waals surface area (Å²) in [6.45, 7) is 0. The Morgan fingerprint density at radius 2 is 2.00 bits per heavy atom. The fourth-order valence-corrected chi connectivity index (χ4v) is 2.63. The van der Waals surface area contributed by atoms with Crippen LogP contribution in [-0.2, 0) is 6.42 Å². The zero-order chi connectivity index (χ0) is 14.9. The molecule has 8 heteroatoms. The lowest BCUT2D eigenvalue weighted by Crippen LogP contribution is -2.00. The minimum Gasteiger partial charge on any atom is -0.220 e. The van der Waals surface area contributed by atoms with E-state index in [1.807, 2.05) is 36.5 Å². The lowest BCUT2D eigenvalue weighted by molar-refractivity contribution is 0.794. The highest BCUT2D eigenvalue weighted by atomic mass is 35.5. The second kappa shape index (κ2) is 5.34. The number of rotatable bonds is 4. The molecule has 4 aromatic rings. The van der Waals surface area contributed by atoms with E-state index in [2.05, 4.69) is 25.8 Å². The summed E-state index contributed by atoms with van der Waals surface area (Å²) < 4.78 is 3.48. The van der Waals surface area contributed by atoms with Crippen LogP contribution in [-0.4, -0.2) is 40.9 Å². The first-order chi connectivity index (χ1) is 10.9. The second-order valence-corrected chi connectivity index (χ2v) is 5.32. The Labute approximate surface area is 130 Å². The van der Waals surface area contributed by atoms with E-state index in [0.717, 1.165) is 35.1 Å². The van der Waals surface area contributed by atoms with Gasteiger partial charge in [-0.15, -0.1) is 21.8 Å². The maximum Gasteiger partial charge on any atom is 0.182 e. The summed E-state index contributed by atoms with van der Waals surface area (Å²) in [5, 5.41) is 21.2. The number of fused-ring (bicyclic) bond motifs is 3. The Bertz CT molecular complexity index is 943. The molecule has 0 unspecified atom stereocenters. The molecule has 0 amide bonds. The van der Waals surface area contributed by atoms with Gasteiger partial charge in [-0.1, -0.05) is 23.4 Å². The summed E-state index contributed by atoms with van der Waals surface area (Å²) in [6, 6.07) is 9.84. The number of pyridine rings is 1. The van der Waals surface area contributed by atoms with E-state index < -0.39 is 0 Å². The molecule has 22 heavy (non-hydrogen) atoms. The van der Waals surface area contributed by atoms with Crippen molar-refractivity contribution in [3.63, 3.8) is 0 Å². The SMILES string of the molecule is ClCCCc1cn(-c2cc3nnnn3c3ccccc23)nn1. The molecule has 110 valence electrons. The molecule has 0 radical (unpaired) electrons. The van der Waals surface area contributed by atoms with Crippen molar-refractivity contribution < 1.29 is 0 Å². The van der Waals surface area contributed by atoms with Gasteiger partial charge >= 0.3 is 0 Å². The Kier molecular flexibility index (Phi) is 3.19. The van der Waals surface area contributed by atoms with E-state index in [-0.39, 0.29) is 0 Å². The maximum atomic E-state index is 5.73. The van der Waals surface area contributed by atoms with Crippen molar-refractivity contribution in [3.8, 4) is 5.69 Å². The standard InChI is InChI=1S/C14H12ClN7/c15-7-3-4-10-9-21(19-16-10)13-8-14-17-18-20-22(14)12-6-2-1-5-11(12)13/h1-2,5-6,8-9H,3-4,7H2. The third-order valence-electron chi connectivity index (χ3n) is 3.52. The largest absolute Gasteiger partial charge is 0.220 e. The number of benzene rings is 1. The summed E-state index contributed by atoms with van der Waals surface area (Å²) in [6.07, 6.45) is 3.62. The maximum absolute atomic E-state index is 5.73. The second-order valence-electron chi connectivity index (χ2n) is 4.94. The van der Waals surface area contributed by atoms with E-state index in [0.29, 0.717) is 11.5 Å². The zero-order valence-electron chi connectivity index (χ0n) is 11.6. The third kappa shape index (κ3) is 2.10. The molecule has 0 saturated heterocycles. The normalized spacial score (nSPS) is 11.5. The number of hydrogen-bond acceptors (Lipinski definition) is 5. The lowest BCUT2D eigenvalue weighted by atomic mass is 10.2. The molecule has 4 rings (SSSR count). The van der Waals surface area contributed by atoms with Gasteiger partial charge < -0.3 is 0 Å². The van der Waals surface area contributed by atoms with Crippen LogP contribution in [0.3, 0.4) is 0 Å². The highest BCUT2D eigenvalue weighted by molar-refractivity contribution is 6.17. The molecule has 0 aliphatic rings. The Morgan fingerprint density at radius 3 is 2.91 bits per heavy atom. The summed E-state index contributed by atoms with van der Waals surface area (Å²) in [5.74, 6) is 0.618. The average molecular weight is 314 g/mol. The van der Waals surface area contributed by atoms with E-state index in [1.54, 1.807) is 9.20 Å². The first-order valence-electron chi connectivity index (χ1n) is 6.94. The molecule has 1 aromatic carbocycles. The minimum absolute atomic E-state index is 0.618. The highest BCUT2D eigenvalue weighted by Gasteiger charge is 2.11. The van der Waals surface area contributed by atoms with E-state index in [9.17, 15) is 0 Å². The fraction of sp³-hybridized carbons (Fsp3) is 0.214. The van der Waals surface area contributed by atoms with Crippen molar-refractivity contribution in [3.05, 3.63) is 42.2 Å². The van der Waals surface area contributed by atoms with Crippen LogP contribution in [0, 0.1) is 0 Å². The molecule has 0 saturated carbocycles. The van der Waals surface area contributed by atoms with Crippen LogP contribution in [0.15, 0.2) is 36.5 Å². The fourth-order valence-electron chi connectivity index (χ4n) is 2.50. The molecule has 3 aromatic heterocycles. The van der Waals surface area contributed by atoms with Gasteiger partial charge in [0.2, 0.25) is 0 Å². The van der Waals surface area contributed by atoms with Crippen LogP contribution in [0.5, 0.6) is 0 Å². The molecule has 0 aliphatic heterocycles. The van der Waals surface area contributed by atoms with Crippen LogP contribution >= 0.6 is 11.6 Å². The monoisotopic (exact) mass is 313 g/mol. The van der Waals surface area contributed by atoms with Gasteiger partial charge in [0, 0.05) is 17.3 Å². The summed E-state index contributed by atoms with van der Waals surface area (Å²) >= 11 is 5.73. The number of nitrogens with zero attached hydrogens (tertiary/aromatic N) is 7. The summed E-state index contributed by atoms with van der Waals surface area (Å²) in [7, 11) is 0. The number of hydrogen-bond donors (Lipinski definition) is 0. The van der Waals surface area contributed by atoms with Crippen molar-refractivity contribution in [1.29, 1.82) is 0 Å². The van der Waals surface area contributed by atoms with E-state index in [1.165, 1.54) is 0 Å². The van der Waals surface area contributed by atoms with Gasteiger partial charge in [-0.2, -0.15) is 4.52 Å². The molecule has 3 heterocycles. The van der Waals surface area contributed by atoms with Crippen LogP contribution in [0.4, 0.5) is 0 Å². The molecule has 0 fully saturated rings. The quantitative estimate of drug-likeness (QED) is 0.539. The van der Waals surface area contributed by atoms with Crippen molar-refractivity contribution in [2.45, 2.75) is 12.8 Å². The van der Waals surface area contributed by atoms with Crippen molar-refractivity contribution in [2.24, 2.45) is 0 Å². The summed E-state index contributed by atoms with van der Waals surface area (Å²) in [5.41, 5.74) is 3.43. The van der Waals surface area contributed by atoms with Crippen molar-refractivity contribution in [1.82, 2.24) is 35.0 Å². The predicted octanol–water partition coefficient (Wildman–Crippen LogP) is 2.03. The predicted molar refractivity (Wildman–Crippen MR) is 82.2 cm³/mol. The van der Waals surface area contributed by atoms with Gasteiger partial charge in [-0.05, 0) is 29.3 Å². The van der Waals surface area contributed by atoms with Gasteiger partial charge in [0.05, 0.1) is 23.1 Å². The molecule has 0 N–H and O–H groups in total. The molecular formula is C14H12ClN7. The van der Waals surface area contributed by atoms with Crippen LogP contribution in [0.25, 0.3) is 22.2 Å². The van der Waals surface area contributed by atoms with E-state index in [4.69, 9.17) is 11.6 Å². The van der Waals surface area contributed by atoms with Gasteiger partial charge in [-0.25, -0.2) is 4.68 Å². The van der Waals surface area contributed by atoms with Crippen LogP contribution < -0.4 is 0 Å². The van der Waals surface area contributed by atoms with E-state index >= 15 is 0 Å². The molecular weight excluding hydrogens is 302 g/mol. The van der Waals surface area contributed by atoms with Gasteiger partial charge in [-0.3, -0.25) is 0 Å². The van der Waals surface area contributed by atoms with Crippen molar-refractivity contribution >= 4 is 28.2 Å². The van der Waals surface area contributed by atoms with Crippen LogP contribution in [0.2, 0.25) is 0 Å². The van der Waals surface area contributed by atoms with Gasteiger partial charge in [0.1, 0.15) is 0 Å². The number of halogens is 1. The highest BCUT2D eigenvalue weighted by Crippen LogP contribution is 2.23. The number of aromatic nitrogens is 7. The number of tetrazole rings is 1. The smallest absolute Gasteiger partial charge is 0.182 e. The van der Waals surface area contributed by atoms with Gasteiger partial charge in [0.25, 0.3) is 0 Å². The molecule has 0 aliphatic carbocycles. The number of para-hydroxylation sites is 1. The molecule has 0 bridgehead atoms. The van der Waals surface area contributed by atoms with Crippen molar-refractivity contribution in [2.75, 3.05) is 5.88 Å². The number of alkyl halides is 1. The minimum atomic E-state index is 0.618. The topological polar surface area (TPSA) is 73.8 Å². The molecule has 0 spiro atoms. The van der Waals surface area contributed by atoms with Crippen LogP contribution in [0.1, 0.15) is 12.1 Å². The zero-order valence-corrected chi connectivity index (χ0v) is 12.3. The number of aryl methyl sites for hydroxylation is 1. The Hall–Kier alpha value is -2.54. The first-order valence-corrected chi connectivity index (χ1v) is 7.47. The Balaban J connectivity index is 1.90. The average Bonchev–Trinajstić information content (AvgIpc) is 3.21. The Morgan fingerprint density at radius 1 is 1.09 bits per heavy atom. The lowest BCUT2D eigenvalue weighted by Gasteiger charge is -2.06.